The Hall–Kier alpha value is -0.0400. The Morgan fingerprint density at radius 2 is 2.00 bits per heavy atom. The van der Waals surface area contributed by atoms with Crippen LogP contribution in [0.1, 0.15) is 46.5 Å². The van der Waals surface area contributed by atoms with E-state index in [1.54, 1.807) is 0 Å². The lowest BCUT2D eigenvalue weighted by Gasteiger charge is -2.26. The van der Waals surface area contributed by atoms with Crippen molar-refractivity contribution >= 4 is 0 Å². The van der Waals surface area contributed by atoms with E-state index in [-0.39, 0.29) is 0 Å². The average Bonchev–Trinajstić information content (AvgIpc) is 2.06. The number of rotatable bonds is 3. The van der Waals surface area contributed by atoms with Crippen molar-refractivity contribution in [3.8, 4) is 0 Å². The molecule has 0 N–H and O–H groups in total. The molecule has 0 aliphatic carbocycles. The average molecular weight is 170 g/mol. The zero-order chi connectivity index (χ0) is 8.97. The predicted octanol–water partition coefficient (Wildman–Crippen LogP) is 3.24. The molecule has 0 spiro atoms. The van der Waals surface area contributed by atoms with Crippen LogP contribution in [0.2, 0.25) is 0 Å². The van der Waals surface area contributed by atoms with E-state index >= 15 is 0 Å². The largest absolute Gasteiger partial charge is 0.378 e. The summed E-state index contributed by atoms with van der Waals surface area (Å²) in [5, 5.41) is 0. The highest BCUT2D eigenvalue weighted by Gasteiger charge is 2.18. The first-order valence-corrected chi connectivity index (χ1v) is 5.31. The third kappa shape index (κ3) is 3.14. The van der Waals surface area contributed by atoms with Gasteiger partial charge in [0.1, 0.15) is 0 Å². The van der Waals surface area contributed by atoms with Crippen molar-refractivity contribution < 1.29 is 4.74 Å². The second kappa shape index (κ2) is 4.86. The van der Waals surface area contributed by atoms with Gasteiger partial charge in [0.2, 0.25) is 0 Å². The number of ether oxygens (including phenoxy) is 1. The van der Waals surface area contributed by atoms with Crippen molar-refractivity contribution in [2.75, 3.05) is 6.61 Å². The van der Waals surface area contributed by atoms with Gasteiger partial charge in [-0.3, -0.25) is 0 Å². The van der Waals surface area contributed by atoms with Gasteiger partial charge in [0.25, 0.3) is 0 Å². The van der Waals surface area contributed by atoms with Gasteiger partial charge in [0, 0.05) is 6.61 Å². The Morgan fingerprint density at radius 3 is 2.50 bits per heavy atom. The summed E-state index contributed by atoms with van der Waals surface area (Å²) in [6.07, 6.45) is 5.76. The molecule has 2 unspecified atom stereocenters. The van der Waals surface area contributed by atoms with Gasteiger partial charge >= 0.3 is 0 Å². The Labute approximate surface area is 76.5 Å². The highest BCUT2D eigenvalue weighted by Crippen LogP contribution is 2.23. The van der Waals surface area contributed by atoms with Crippen LogP contribution >= 0.6 is 0 Å². The first kappa shape index (κ1) is 10.0. The third-order valence-corrected chi connectivity index (χ3v) is 3.05. The zero-order valence-corrected chi connectivity index (χ0v) is 8.68. The lowest BCUT2D eigenvalue weighted by molar-refractivity contribution is -0.000804. The molecule has 1 heterocycles. The maximum atomic E-state index is 5.70. The van der Waals surface area contributed by atoms with E-state index in [1.807, 2.05) is 0 Å². The second-order valence-electron chi connectivity index (χ2n) is 4.45. The Balaban J connectivity index is 2.20. The van der Waals surface area contributed by atoms with Gasteiger partial charge in [-0.1, -0.05) is 20.8 Å². The summed E-state index contributed by atoms with van der Waals surface area (Å²) in [6, 6.07) is 0. The van der Waals surface area contributed by atoms with Crippen molar-refractivity contribution in [3.05, 3.63) is 0 Å². The summed E-state index contributed by atoms with van der Waals surface area (Å²) in [5.41, 5.74) is 0. The molecule has 1 heteroatoms. The van der Waals surface area contributed by atoms with Crippen LogP contribution < -0.4 is 0 Å². The molecule has 1 nitrogen and oxygen atoms in total. The maximum Gasteiger partial charge on any atom is 0.0577 e. The van der Waals surface area contributed by atoms with Crippen molar-refractivity contribution in [2.24, 2.45) is 11.8 Å². The molecule has 0 aromatic carbocycles. The lowest BCUT2D eigenvalue weighted by Crippen LogP contribution is -2.23. The van der Waals surface area contributed by atoms with Crippen LogP contribution in [0.5, 0.6) is 0 Å². The molecule has 0 amide bonds. The normalized spacial score (nSPS) is 27.5. The Kier molecular flexibility index (Phi) is 4.07. The van der Waals surface area contributed by atoms with Gasteiger partial charge < -0.3 is 4.74 Å². The first-order chi connectivity index (χ1) is 5.70. The minimum absolute atomic E-state index is 0.566. The monoisotopic (exact) mass is 170 g/mol. The summed E-state index contributed by atoms with van der Waals surface area (Å²) in [4.78, 5) is 0. The van der Waals surface area contributed by atoms with Crippen molar-refractivity contribution in [3.63, 3.8) is 0 Å². The summed E-state index contributed by atoms with van der Waals surface area (Å²) >= 11 is 0. The fourth-order valence-electron chi connectivity index (χ4n) is 1.68. The van der Waals surface area contributed by atoms with E-state index in [4.69, 9.17) is 4.74 Å². The molecule has 1 aliphatic heterocycles. The molecular formula is C11H22O. The molecule has 2 atom stereocenters. The highest BCUT2D eigenvalue weighted by molar-refractivity contribution is 4.68. The third-order valence-electron chi connectivity index (χ3n) is 3.05. The zero-order valence-electron chi connectivity index (χ0n) is 8.68. The van der Waals surface area contributed by atoms with Crippen molar-refractivity contribution in [1.82, 2.24) is 0 Å². The first-order valence-electron chi connectivity index (χ1n) is 5.31. The van der Waals surface area contributed by atoms with Gasteiger partial charge in [0.05, 0.1) is 6.10 Å². The molecule has 0 aromatic heterocycles. The molecule has 12 heavy (non-hydrogen) atoms. The van der Waals surface area contributed by atoms with Crippen molar-refractivity contribution in [2.45, 2.75) is 52.6 Å². The quantitative estimate of drug-likeness (QED) is 0.632. The van der Waals surface area contributed by atoms with Gasteiger partial charge in [-0.15, -0.1) is 0 Å². The Bertz CT molecular complexity index is 114. The minimum atomic E-state index is 0.566. The van der Waals surface area contributed by atoms with Crippen LogP contribution in [-0.2, 0) is 4.74 Å². The van der Waals surface area contributed by atoms with E-state index < -0.39 is 0 Å². The molecule has 0 radical (unpaired) electrons. The lowest BCUT2D eigenvalue weighted by atomic mass is 9.90. The molecular weight excluding hydrogens is 148 g/mol. The minimum Gasteiger partial charge on any atom is -0.378 e. The van der Waals surface area contributed by atoms with E-state index in [9.17, 15) is 0 Å². The maximum absolute atomic E-state index is 5.70. The van der Waals surface area contributed by atoms with Gasteiger partial charge in [-0.25, -0.2) is 0 Å². The summed E-state index contributed by atoms with van der Waals surface area (Å²) in [5.74, 6) is 1.61. The topological polar surface area (TPSA) is 9.23 Å². The summed E-state index contributed by atoms with van der Waals surface area (Å²) < 4.78 is 5.70. The SMILES string of the molecule is CC(C)C(C)CC1CCCCO1. The molecule has 1 rings (SSSR count). The second-order valence-corrected chi connectivity index (χ2v) is 4.45. The number of hydrogen-bond acceptors (Lipinski definition) is 1. The number of hydrogen-bond donors (Lipinski definition) is 0. The van der Waals surface area contributed by atoms with Crippen LogP contribution in [0.25, 0.3) is 0 Å². The molecule has 0 aromatic rings. The van der Waals surface area contributed by atoms with E-state index in [0.29, 0.717) is 6.10 Å². The molecule has 1 fully saturated rings. The Morgan fingerprint density at radius 1 is 1.25 bits per heavy atom. The summed E-state index contributed by atoms with van der Waals surface area (Å²) in [7, 11) is 0. The van der Waals surface area contributed by atoms with Crippen LogP contribution in [0.4, 0.5) is 0 Å². The molecule has 1 saturated heterocycles. The van der Waals surface area contributed by atoms with Crippen LogP contribution in [0.3, 0.4) is 0 Å². The van der Waals surface area contributed by atoms with E-state index in [1.165, 1.54) is 25.7 Å². The standard InChI is InChI=1S/C11H22O/c1-9(2)10(3)8-11-6-4-5-7-12-11/h9-11H,4-8H2,1-3H3. The molecule has 1 aliphatic rings. The molecule has 0 saturated carbocycles. The van der Waals surface area contributed by atoms with Crippen LogP contribution in [0, 0.1) is 11.8 Å². The highest BCUT2D eigenvalue weighted by atomic mass is 16.5. The smallest absolute Gasteiger partial charge is 0.0577 e. The fourth-order valence-corrected chi connectivity index (χ4v) is 1.68. The van der Waals surface area contributed by atoms with Crippen molar-refractivity contribution in [1.29, 1.82) is 0 Å². The van der Waals surface area contributed by atoms with Gasteiger partial charge in [0.15, 0.2) is 0 Å². The van der Waals surface area contributed by atoms with Gasteiger partial charge in [-0.05, 0) is 37.5 Å². The van der Waals surface area contributed by atoms with Gasteiger partial charge in [-0.2, -0.15) is 0 Å². The van der Waals surface area contributed by atoms with E-state index in [0.717, 1.165) is 18.4 Å². The molecule has 0 bridgehead atoms. The predicted molar refractivity (Wildman–Crippen MR) is 52.2 cm³/mol. The van der Waals surface area contributed by atoms with Crippen LogP contribution in [0.15, 0.2) is 0 Å². The molecule has 72 valence electrons. The van der Waals surface area contributed by atoms with E-state index in [2.05, 4.69) is 20.8 Å². The summed E-state index contributed by atoms with van der Waals surface area (Å²) in [6.45, 7) is 7.93. The van der Waals surface area contributed by atoms with Crippen LogP contribution in [-0.4, -0.2) is 12.7 Å². The fraction of sp³-hybridized carbons (Fsp3) is 1.00.